The predicted molar refractivity (Wildman–Crippen MR) is 82.0 cm³/mol. The summed E-state index contributed by atoms with van der Waals surface area (Å²) in [4.78, 5) is 11.9. The molecule has 0 aromatic heterocycles. The van der Waals surface area contributed by atoms with Crippen molar-refractivity contribution in [3.8, 4) is 11.5 Å². The maximum atomic E-state index is 11.9. The van der Waals surface area contributed by atoms with Crippen LogP contribution in [0.4, 0.5) is 0 Å². The summed E-state index contributed by atoms with van der Waals surface area (Å²) in [5.41, 5.74) is 6.17. The molecule has 116 valence electrons. The monoisotopic (exact) mass is 312 g/mol. The Morgan fingerprint density at radius 2 is 2.00 bits per heavy atom. The second-order valence-corrected chi connectivity index (χ2v) is 6.29. The predicted octanol–water partition coefficient (Wildman–Crippen LogP) is 1.72. The molecule has 0 unspecified atom stereocenters. The number of carbonyl (C=O) groups is 1. The number of carbonyl (C=O) groups excluding carboxylic acids is 1. The second-order valence-electron chi connectivity index (χ2n) is 6.29. The van der Waals surface area contributed by atoms with Gasteiger partial charge in [-0.1, -0.05) is 19.9 Å². The Hall–Kier alpha value is -1.46. The molecular formula is C15H21ClN2O3. The van der Waals surface area contributed by atoms with Crippen molar-refractivity contribution >= 4 is 18.3 Å². The van der Waals surface area contributed by atoms with Gasteiger partial charge in [-0.25, -0.2) is 0 Å². The van der Waals surface area contributed by atoms with Gasteiger partial charge in [-0.15, -0.1) is 12.4 Å². The molecule has 3 N–H and O–H groups in total. The second kappa shape index (κ2) is 5.39. The lowest BCUT2D eigenvalue weighted by Gasteiger charge is -2.26. The van der Waals surface area contributed by atoms with E-state index in [4.69, 9.17) is 15.2 Å². The maximum absolute atomic E-state index is 11.9. The highest BCUT2D eigenvalue weighted by molar-refractivity contribution is 5.89. The van der Waals surface area contributed by atoms with Gasteiger partial charge in [0.25, 0.3) is 0 Å². The Morgan fingerprint density at radius 1 is 1.33 bits per heavy atom. The number of ether oxygens (including phenoxy) is 2. The molecule has 2 aliphatic rings. The average Bonchev–Trinajstić information content (AvgIpc) is 3.01. The number of amides is 1. The molecule has 0 radical (unpaired) electrons. The van der Waals surface area contributed by atoms with E-state index in [9.17, 15) is 4.79 Å². The lowest BCUT2D eigenvalue weighted by molar-refractivity contribution is -0.123. The fraction of sp³-hybridized carbons (Fsp3) is 0.533. The molecule has 0 bridgehead atoms. The largest absolute Gasteiger partial charge is 0.454 e. The highest BCUT2D eigenvalue weighted by Gasteiger charge is 2.46. The van der Waals surface area contributed by atoms with Gasteiger partial charge in [-0.3, -0.25) is 4.79 Å². The van der Waals surface area contributed by atoms with Crippen molar-refractivity contribution in [3.63, 3.8) is 0 Å². The number of rotatable bonds is 4. The fourth-order valence-electron chi connectivity index (χ4n) is 2.26. The van der Waals surface area contributed by atoms with Gasteiger partial charge in [0.05, 0.1) is 5.54 Å². The molecule has 0 saturated heterocycles. The molecule has 1 heterocycles. The summed E-state index contributed by atoms with van der Waals surface area (Å²) in [5.74, 6) is 1.48. The van der Waals surface area contributed by atoms with Crippen molar-refractivity contribution in [2.24, 2.45) is 5.73 Å². The molecule has 5 nitrogen and oxygen atoms in total. The first-order valence-corrected chi connectivity index (χ1v) is 6.88. The van der Waals surface area contributed by atoms with Crippen LogP contribution in [-0.4, -0.2) is 24.8 Å². The third kappa shape index (κ3) is 3.09. The highest BCUT2D eigenvalue weighted by Crippen LogP contribution is 2.36. The molecule has 1 aromatic carbocycles. The van der Waals surface area contributed by atoms with Crippen LogP contribution in [0, 0.1) is 0 Å². The van der Waals surface area contributed by atoms with Crippen molar-refractivity contribution in [2.75, 3.05) is 13.3 Å². The summed E-state index contributed by atoms with van der Waals surface area (Å²) in [6.07, 6.45) is 1.56. The van der Waals surface area contributed by atoms with Crippen molar-refractivity contribution < 1.29 is 14.3 Å². The van der Waals surface area contributed by atoms with Gasteiger partial charge in [0.15, 0.2) is 11.5 Å². The van der Waals surface area contributed by atoms with Crippen LogP contribution in [0.5, 0.6) is 11.5 Å². The van der Waals surface area contributed by atoms with E-state index in [1.54, 1.807) is 0 Å². The molecule has 0 atom stereocenters. The standard InChI is InChI=1S/C15H20N2O3.ClH/c1-14(2,8-17-13(18)15(16)5-6-15)10-3-4-11-12(7-10)20-9-19-11;/h3-4,7H,5-6,8-9,16H2,1-2H3,(H,17,18);1H. The van der Waals surface area contributed by atoms with Gasteiger partial charge in [0.1, 0.15) is 0 Å². The van der Waals surface area contributed by atoms with Crippen LogP contribution >= 0.6 is 12.4 Å². The SMILES string of the molecule is CC(C)(CNC(=O)C1(N)CC1)c1ccc2c(c1)OCO2.Cl. The van der Waals surface area contributed by atoms with Gasteiger partial charge < -0.3 is 20.5 Å². The van der Waals surface area contributed by atoms with Crippen LogP contribution in [0.2, 0.25) is 0 Å². The molecule has 1 aromatic rings. The minimum Gasteiger partial charge on any atom is -0.454 e. The van der Waals surface area contributed by atoms with Gasteiger partial charge in [-0.05, 0) is 30.5 Å². The van der Waals surface area contributed by atoms with Gasteiger partial charge in [-0.2, -0.15) is 0 Å². The first-order valence-electron chi connectivity index (χ1n) is 6.88. The van der Waals surface area contributed by atoms with Crippen LogP contribution in [0.1, 0.15) is 32.3 Å². The zero-order valence-electron chi connectivity index (χ0n) is 12.3. The molecule has 1 aliphatic heterocycles. The molecule has 1 saturated carbocycles. The molecule has 1 aliphatic carbocycles. The zero-order valence-corrected chi connectivity index (χ0v) is 13.1. The van der Waals surface area contributed by atoms with E-state index in [1.807, 2.05) is 18.2 Å². The fourth-order valence-corrected chi connectivity index (χ4v) is 2.26. The lowest BCUT2D eigenvalue weighted by Crippen LogP contribution is -2.46. The molecule has 0 spiro atoms. The average molecular weight is 313 g/mol. The van der Waals surface area contributed by atoms with E-state index in [1.165, 1.54) is 0 Å². The molecule has 6 heteroatoms. The first-order chi connectivity index (χ1) is 9.41. The summed E-state index contributed by atoms with van der Waals surface area (Å²) in [5, 5.41) is 2.96. The summed E-state index contributed by atoms with van der Waals surface area (Å²) in [7, 11) is 0. The van der Waals surface area contributed by atoms with Crippen molar-refractivity contribution in [3.05, 3.63) is 23.8 Å². The van der Waals surface area contributed by atoms with Crippen molar-refractivity contribution in [1.29, 1.82) is 0 Å². The summed E-state index contributed by atoms with van der Waals surface area (Å²) in [6.45, 7) is 4.98. The minimum absolute atomic E-state index is 0. The third-order valence-electron chi connectivity index (χ3n) is 4.09. The Balaban J connectivity index is 0.00000161. The number of halogens is 1. The summed E-state index contributed by atoms with van der Waals surface area (Å²) < 4.78 is 10.7. The van der Waals surface area contributed by atoms with Crippen LogP contribution in [0.3, 0.4) is 0 Å². The normalized spacial score (nSPS) is 17.9. The Morgan fingerprint density at radius 3 is 2.67 bits per heavy atom. The van der Waals surface area contributed by atoms with Crippen molar-refractivity contribution in [2.45, 2.75) is 37.6 Å². The number of benzene rings is 1. The Bertz CT molecular complexity index is 556. The number of fused-ring (bicyclic) bond motifs is 1. The molecule has 1 fully saturated rings. The van der Waals surface area contributed by atoms with E-state index in [0.29, 0.717) is 6.54 Å². The van der Waals surface area contributed by atoms with Gasteiger partial charge in [0, 0.05) is 12.0 Å². The lowest BCUT2D eigenvalue weighted by atomic mass is 9.84. The number of nitrogens with one attached hydrogen (secondary N) is 1. The van der Waals surface area contributed by atoms with Gasteiger partial charge >= 0.3 is 0 Å². The van der Waals surface area contributed by atoms with E-state index in [0.717, 1.165) is 29.9 Å². The summed E-state index contributed by atoms with van der Waals surface area (Å²) >= 11 is 0. The first kappa shape index (κ1) is 15.9. The van der Waals surface area contributed by atoms with Crippen LogP contribution < -0.4 is 20.5 Å². The number of hydrogen-bond donors (Lipinski definition) is 2. The zero-order chi connectivity index (χ0) is 14.4. The summed E-state index contributed by atoms with van der Waals surface area (Å²) in [6, 6.07) is 5.89. The number of hydrogen-bond acceptors (Lipinski definition) is 4. The maximum Gasteiger partial charge on any atom is 0.240 e. The van der Waals surface area contributed by atoms with E-state index >= 15 is 0 Å². The topological polar surface area (TPSA) is 73.6 Å². The van der Waals surface area contributed by atoms with Crippen molar-refractivity contribution in [1.82, 2.24) is 5.32 Å². The number of nitrogens with two attached hydrogens (primary N) is 1. The quantitative estimate of drug-likeness (QED) is 0.888. The van der Waals surface area contributed by atoms with E-state index in [-0.39, 0.29) is 30.5 Å². The van der Waals surface area contributed by atoms with Crippen LogP contribution in [0.25, 0.3) is 0 Å². The minimum atomic E-state index is -0.620. The Labute approximate surface area is 130 Å². The highest BCUT2D eigenvalue weighted by atomic mass is 35.5. The third-order valence-corrected chi connectivity index (χ3v) is 4.09. The van der Waals surface area contributed by atoms with Gasteiger partial charge in [0.2, 0.25) is 12.7 Å². The molecule has 1 amide bonds. The van der Waals surface area contributed by atoms with Crippen LogP contribution in [0.15, 0.2) is 18.2 Å². The van der Waals surface area contributed by atoms with E-state index in [2.05, 4.69) is 19.2 Å². The Kier molecular flexibility index (Phi) is 4.08. The molecule has 3 rings (SSSR count). The van der Waals surface area contributed by atoms with E-state index < -0.39 is 5.54 Å². The molecular weight excluding hydrogens is 292 g/mol. The molecule has 21 heavy (non-hydrogen) atoms. The smallest absolute Gasteiger partial charge is 0.240 e. The van der Waals surface area contributed by atoms with Crippen LogP contribution in [-0.2, 0) is 10.2 Å².